The van der Waals surface area contributed by atoms with E-state index in [1.54, 1.807) is 7.05 Å². The lowest BCUT2D eigenvalue weighted by Gasteiger charge is -2.08. The van der Waals surface area contributed by atoms with Crippen LogP contribution in [0.25, 0.3) is 0 Å². The molecule has 5 heteroatoms. The van der Waals surface area contributed by atoms with Gasteiger partial charge in [0.15, 0.2) is 0 Å². The fourth-order valence-corrected chi connectivity index (χ4v) is 1.75. The number of nitrogens with one attached hydrogen (secondary N) is 3. The van der Waals surface area contributed by atoms with Crippen LogP contribution in [0.3, 0.4) is 0 Å². The van der Waals surface area contributed by atoms with E-state index >= 15 is 0 Å². The molecule has 0 heterocycles. The fraction of sp³-hybridized carbons (Fsp3) is 0.417. The topological polar surface area (TPSA) is 53.2 Å². The monoisotopic (exact) mass is 253 g/mol. The maximum absolute atomic E-state index is 11.1. The molecule has 17 heavy (non-hydrogen) atoms. The Morgan fingerprint density at radius 3 is 2.47 bits per heavy atom. The summed E-state index contributed by atoms with van der Waals surface area (Å²) >= 11 is 1.85. The average molecular weight is 253 g/mol. The number of benzene rings is 1. The summed E-state index contributed by atoms with van der Waals surface area (Å²) in [6, 6.07) is 7.48. The molecule has 1 rings (SSSR count). The summed E-state index contributed by atoms with van der Waals surface area (Å²) < 4.78 is 0. The molecule has 0 aliphatic heterocycles. The van der Waals surface area contributed by atoms with Crippen LogP contribution in [0.15, 0.2) is 24.3 Å². The highest BCUT2D eigenvalue weighted by Gasteiger charge is 1.98. The molecule has 0 bridgehead atoms. The van der Waals surface area contributed by atoms with Crippen LogP contribution in [0.5, 0.6) is 0 Å². The van der Waals surface area contributed by atoms with E-state index in [2.05, 4.69) is 22.2 Å². The normalized spacial score (nSPS) is 9.76. The Bertz CT molecular complexity index is 340. The van der Waals surface area contributed by atoms with Crippen molar-refractivity contribution in [2.75, 3.05) is 36.2 Å². The first-order chi connectivity index (χ1) is 8.26. The smallest absolute Gasteiger partial charge is 0.318 e. The zero-order valence-electron chi connectivity index (χ0n) is 10.2. The molecule has 0 aliphatic rings. The van der Waals surface area contributed by atoms with Crippen molar-refractivity contribution < 1.29 is 4.79 Å². The van der Waals surface area contributed by atoms with Crippen molar-refractivity contribution in [3.05, 3.63) is 24.3 Å². The van der Waals surface area contributed by atoms with E-state index in [9.17, 15) is 4.79 Å². The summed E-state index contributed by atoms with van der Waals surface area (Å²) in [6.07, 6.45) is 3.26. The van der Waals surface area contributed by atoms with E-state index in [0.29, 0.717) is 0 Å². The summed E-state index contributed by atoms with van der Waals surface area (Å²) in [5.74, 6) is 1.17. The van der Waals surface area contributed by atoms with Gasteiger partial charge in [-0.25, -0.2) is 4.79 Å². The minimum absolute atomic E-state index is 0.203. The average Bonchev–Trinajstić information content (AvgIpc) is 2.36. The van der Waals surface area contributed by atoms with E-state index in [-0.39, 0.29) is 6.03 Å². The van der Waals surface area contributed by atoms with Crippen LogP contribution in [-0.2, 0) is 0 Å². The van der Waals surface area contributed by atoms with Crippen LogP contribution in [-0.4, -0.2) is 31.6 Å². The highest BCUT2D eigenvalue weighted by atomic mass is 32.2. The van der Waals surface area contributed by atoms with Gasteiger partial charge < -0.3 is 16.0 Å². The fourth-order valence-electron chi connectivity index (χ4n) is 1.31. The first-order valence-electron chi connectivity index (χ1n) is 5.58. The molecule has 0 spiro atoms. The van der Waals surface area contributed by atoms with Crippen molar-refractivity contribution in [3.8, 4) is 0 Å². The molecule has 0 saturated heterocycles. The summed E-state index contributed by atoms with van der Waals surface area (Å²) in [5, 5.41) is 8.55. The van der Waals surface area contributed by atoms with Crippen LogP contribution in [0.2, 0.25) is 0 Å². The van der Waals surface area contributed by atoms with Gasteiger partial charge in [0, 0.05) is 25.0 Å². The number of hydrogen-bond acceptors (Lipinski definition) is 3. The third kappa shape index (κ3) is 5.49. The largest absolute Gasteiger partial charge is 0.385 e. The van der Waals surface area contributed by atoms with Gasteiger partial charge in [-0.3, -0.25) is 0 Å². The second kappa shape index (κ2) is 7.84. The van der Waals surface area contributed by atoms with Crippen LogP contribution in [0.4, 0.5) is 16.2 Å². The molecule has 0 aliphatic carbocycles. The van der Waals surface area contributed by atoms with Gasteiger partial charge >= 0.3 is 6.03 Å². The van der Waals surface area contributed by atoms with E-state index in [1.807, 2.05) is 36.0 Å². The van der Waals surface area contributed by atoms with Crippen molar-refractivity contribution in [1.82, 2.24) is 5.32 Å². The highest BCUT2D eigenvalue weighted by molar-refractivity contribution is 7.98. The molecule has 0 aromatic heterocycles. The van der Waals surface area contributed by atoms with Gasteiger partial charge in [-0.2, -0.15) is 11.8 Å². The molecule has 1 aromatic rings. The number of hydrogen-bond donors (Lipinski definition) is 3. The number of carbonyl (C=O) groups is 1. The number of rotatable bonds is 6. The molecule has 94 valence electrons. The quantitative estimate of drug-likeness (QED) is 0.683. The van der Waals surface area contributed by atoms with Gasteiger partial charge in [0.1, 0.15) is 0 Å². The van der Waals surface area contributed by atoms with Gasteiger partial charge in [-0.1, -0.05) is 0 Å². The maximum atomic E-state index is 11.1. The molecule has 0 fully saturated rings. The molecule has 2 amide bonds. The van der Waals surface area contributed by atoms with Crippen LogP contribution >= 0.6 is 11.8 Å². The maximum Gasteiger partial charge on any atom is 0.318 e. The number of carbonyl (C=O) groups excluding carboxylic acids is 1. The Kier molecular flexibility index (Phi) is 6.32. The van der Waals surface area contributed by atoms with Crippen molar-refractivity contribution in [2.24, 2.45) is 0 Å². The van der Waals surface area contributed by atoms with Crippen molar-refractivity contribution in [1.29, 1.82) is 0 Å². The van der Waals surface area contributed by atoms with E-state index < -0.39 is 0 Å². The number of urea groups is 1. The summed E-state index contributed by atoms with van der Waals surface area (Å²) in [7, 11) is 1.59. The summed E-state index contributed by atoms with van der Waals surface area (Å²) in [5.41, 5.74) is 1.87. The predicted molar refractivity (Wildman–Crippen MR) is 76.0 cm³/mol. The van der Waals surface area contributed by atoms with Gasteiger partial charge in [0.25, 0.3) is 0 Å². The number of anilines is 2. The number of amides is 2. The second-order valence-corrected chi connectivity index (χ2v) is 4.54. The van der Waals surface area contributed by atoms with E-state index in [0.717, 1.165) is 24.3 Å². The lowest BCUT2D eigenvalue weighted by atomic mass is 10.2. The Labute approximate surface area is 107 Å². The third-order valence-corrected chi connectivity index (χ3v) is 2.92. The van der Waals surface area contributed by atoms with Crippen molar-refractivity contribution in [2.45, 2.75) is 6.42 Å². The van der Waals surface area contributed by atoms with Gasteiger partial charge in [0.2, 0.25) is 0 Å². The molecule has 0 radical (unpaired) electrons. The number of thioether (sulfide) groups is 1. The lowest BCUT2D eigenvalue weighted by molar-refractivity contribution is 0.254. The van der Waals surface area contributed by atoms with Gasteiger partial charge in [-0.05, 0) is 42.7 Å². The second-order valence-electron chi connectivity index (χ2n) is 3.55. The first-order valence-corrected chi connectivity index (χ1v) is 6.97. The zero-order valence-corrected chi connectivity index (χ0v) is 11.1. The molecule has 4 nitrogen and oxygen atoms in total. The minimum Gasteiger partial charge on any atom is -0.385 e. The van der Waals surface area contributed by atoms with Gasteiger partial charge in [-0.15, -0.1) is 0 Å². The summed E-state index contributed by atoms with van der Waals surface area (Å²) in [6.45, 7) is 0.975. The van der Waals surface area contributed by atoms with E-state index in [1.165, 1.54) is 5.75 Å². The Hall–Kier alpha value is -1.36. The molecule has 0 atom stereocenters. The lowest BCUT2D eigenvalue weighted by Crippen LogP contribution is -2.24. The van der Waals surface area contributed by atoms with Crippen LogP contribution in [0, 0.1) is 0 Å². The van der Waals surface area contributed by atoms with Crippen molar-refractivity contribution >= 4 is 29.2 Å². The molecule has 1 aromatic carbocycles. The molecule has 0 unspecified atom stereocenters. The Balaban J connectivity index is 2.36. The minimum atomic E-state index is -0.203. The molecule has 0 saturated carbocycles. The Morgan fingerprint density at radius 2 is 1.88 bits per heavy atom. The zero-order chi connectivity index (χ0) is 12.5. The standard InChI is InChI=1S/C12H19N3OS/c1-13-12(16)15-11-6-4-10(5-7-11)14-8-3-9-17-2/h4-7,14H,3,8-9H2,1-2H3,(H2,13,15,16). The van der Waals surface area contributed by atoms with Crippen molar-refractivity contribution in [3.63, 3.8) is 0 Å². The molecular weight excluding hydrogens is 234 g/mol. The van der Waals surface area contributed by atoms with Crippen LogP contribution in [0.1, 0.15) is 6.42 Å². The van der Waals surface area contributed by atoms with E-state index in [4.69, 9.17) is 0 Å². The van der Waals surface area contributed by atoms with Gasteiger partial charge in [0.05, 0.1) is 0 Å². The molecular formula is C12H19N3OS. The summed E-state index contributed by atoms with van der Waals surface area (Å²) in [4.78, 5) is 11.1. The molecule has 3 N–H and O–H groups in total. The first kappa shape index (κ1) is 13.7. The SMILES string of the molecule is CNC(=O)Nc1ccc(NCCCSC)cc1. The predicted octanol–water partition coefficient (Wildman–Crippen LogP) is 2.60. The highest BCUT2D eigenvalue weighted by Crippen LogP contribution is 2.13. The van der Waals surface area contributed by atoms with Crippen LogP contribution < -0.4 is 16.0 Å². The Morgan fingerprint density at radius 1 is 1.24 bits per heavy atom. The third-order valence-electron chi connectivity index (χ3n) is 2.22.